The summed E-state index contributed by atoms with van der Waals surface area (Å²) in [6.07, 6.45) is 1.48. The zero-order valence-corrected chi connectivity index (χ0v) is 14.6. The highest BCUT2D eigenvalue weighted by atomic mass is 19.1. The summed E-state index contributed by atoms with van der Waals surface area (Å²) in [6.45, 7) is 1.78. The van der Waals surface area contributed by atoms with Gasteiger partial charge in [-0.05, 0) is 36.6 Å². The Morgan fingerprint density at radius 1 is 1.11 bits per heavy atom. The molecule has 2 aliphatic rings. The van der Waals surface area contributed by atoms with Crippen molar-refractivity contribution in [2.75, 3.05) is 31.9 Å². The van der Waals surface area contributed by atoms with Crippen LogP contribution in [-0.2, 0) is 10.2 Å². The first-order chi connectivity index (χ1) is 13.1. The maximum atomic E-state index is 13.6. The highest BCUT2D eigenvalue weighted by Gasteiger charge is 2.36. The van der Waals surface area contributed by atoms with Crippen LogP contribution >= 0.6 is 0 Å². The lowest BCUT2D eigenvalue weighted by Gasteiger charge is -2.38. The van der Waals surface area contributed by atoms with Gasteiger partial charge >= 0.3 is 0 Å². The molecule has 0 unspecified atom stereocenters. The number of rotatable bonds is 5. The van der Waals surface area contributed by atoms with Gasteiger partial charge in [-0.2, -0.15) is 0 Å². The third kappa shape index (κ3) is 3.40. The van der Waals surface area contributed by atoms with Crippen LogP contribution in [0.5, 0.6) is 11.5 Å². The molecule has 8 heteroatoms. The van der Waals surface area contributed by atoms with Crippen molar-refractivity contribution in [2.24, 2.45) is 0 Å². The number of nitro groups is 1. The molecule has 0 aromatic heterocycles. The molecule has 1 N–H and O–H groups in total. The fraction of sp³-hybridized carbons (Fsp3) is 0.368. The summed E-state index contributed by atoms with van der Waals surface area (Å²) in [5.41, 5.74) is 0.761. The number of halogens is 1. The van der Waals surface area contributed by atoms with Gasteiger partial charge in [-0.15, -0.1) is 0 Å². The molecule has 2 aromatic rings. The Balaban J connectivity index is 1.64. The van der Waals surface area contributed by atoms with Crippen molar-refractivity contribution in [1.82, 2.24) is 0 Å². The van der Waals surface area contributed by atoms with Crippen molar-refractivity contribution in [3.05, 3.63) is 57.9 Å². The normalized spacial score (nSPS) is 17.5. The number of hydrogen-bond donors (Lipinski definition) is 1. The molecule has 1 fully saturated rings. The lowest BCUT2D eigenvalue weighted by atomic mass is 9.74. The van der Waals surface area contributed by atoms with Crippen LogP contribution in [0.4, 0.5) is 15.8 Å². The highest BCUT2D eigenvalue weighted by molar-refractivity contribution is 5.62. The van der Waals surface area contributed by atoms with Gasteiger partial charge in [0.15, 0.2) is 11.5 Å². The van der Waals surface area contributed by atoms with Crippen LogP contribution in [-0.4, -0.2) is 31.5 Å². The van der Waals surface area contributed by atoms with Crippen molar-refractivity contribution in [3.8, 4) is 11.5 Å². The molecule has 2 heterocycles. The number of ether oxygens (including phenoxy) is 3. The van der Waals surface area contributed by atoms with E-state index in [0.717, 1.165) is 30.5 Å². The number of benzene rings is 2. The largest absolute Gasteiger partial charge is 0.454 e. The van der Waals surface area contributed by atoms with Gasteiger partial charge in [0.25, 0.3) is 5.69 Å². The number of nitrogens with one attached hydrogen (secondary N) is 1. The Morgan fingerprint density at radius 2 is 1.89 bits per heavy atom. The van der Waals surface area contributed by atoms with Gasteiger partial charge in [-0.3, -0.25) is 10.1 Å². The molecule has 0 spiro atoms. The molecule has 0 saturated carbocycles. The third-order valence-electron chi connectivity index (χ3n) is 5.21. The molecule has 0 bridgehead atoms. The van der Waals surface area contributed by atoms with Crippen LogP contribution < -0.4 is 14.8 Å². The number of nitro benzene ring substituents is 1. The fourth-order valence-corrected chi connectivity index (χ4v) is 3.63. The van der Waals surface area contributed by atoms with E-state index in [1.165, 1.54) is 6.07 Å². The fourth-order valence-electron chi connectivity index (χ4n) is 3.63. The SMILES string of the molecule is O=[N+]([O-])c1ccc(F)cc1NCC1(c2ccc3c(c2)OCO3)CCOCC1. The Kier molecular flexibility index (Phi) is 4.57. The van der Waals surface area contributed by atoms with Crippen LogP contribution in [0.3, 0.4) is 0 Å². The molecule has 2 aromatic carbocycles. The summed E-state index contributed by atoms with van der Waals surface area (Å²) in [4.78, 5) is 10.7. The standard InChI is InChI=1S/C19H19FN2O5/c20-14-2-3-16(22(23)24)15(10-14)21-11-19(5-7-25-8-6-19)13-1-4-17-18(9-13)27-12-26-17/h1-4,9-10,21H,5-8,11-12H2. The second-order valence-corrected chi connectivity index (χ2v) is 6.73. The van der Waals surface area contributed by atoms with Gasteiger partial charge in [-0.25, -0.2) is 4.39 Å². The smallest absolute Gasteiger partial charge is 0.292 e. The Bertz CT molecular complexity index is 867. The van der Waals surface area contributed by atoms with Gasteiger partial charge in [0, 0.05) is 37.3 Å². The van der Waals surface area contributed by atoms with Gasteiger partial charge in [0.1, 0.15) is 11.5 Å². The van der Waals surface area contributed by atoms with Crippen LogP contribution in [0.25, 0.3) is 0 Å². The van der Waals surface area contributed by atoms with Crippen molar-refractivity contribution in [2.45, 2.75) is 18.3 Å². The van der Waals surface area contributed by atoms with Gasteiger partial charge in [0.05, 0.1) is 4.92 Å². The molecule has 1 saturated heterocycles. The van der Waals surface area contributed by atoms with Crippen LogP contribution in [0, 0.1) is 15.9 Å². The molecule has 0 amide bonds. The summed E-state index contributed by atoms with van der Waals surface area (Å²) in [6, 6.07) is 9.24. The van der Waals surface area contributed by atoms with Crippen molar-refractivity contribution in [3.63, 3.8) is 0 Å². The van der Waals surface area contributed by atoms with E-state index >= 15 is 0 Å². The molecule has 142 valence electrons. The first-order valence-electron chi connectivity index (χ1n) is 8.73. The number of anilines is 1. The van der Waals surface area contributed by atoms with E-state index in [2.05, 4.69) is 5.32 Å². The molecule has 4 rings (SSSR count). The minimum absolute atomic E-state index is 0.149. The quantitative estimate of drug-likeness (QED) is 0.636. The van der Waals surface area contributed by atoms with E-state index < -0.39 is 10.7 Å². The summed E-state index contributed by atoms with van der Waals surface area (Å²) in [5, 5.41) is 14.4. The minimum atomic E-state index is -0.521. The number of nitrogens with zero attached hydrogens (tertiary/aromatic N) is 1. The minimum Gasteiger partial charge on any atom is -0.454 e. The lowest BCUT2D eigenvalue weighted by molar-refractivity contribution is -0.384. The molecule has 27 heavy (non-hydrogen) atoms. The summed E-state index contributed by atoms with van der Waals surface area (Å²) in [7, 11) is 0. The maximum Gasteiger partial charge on any atom is 0.292 e. The van der Waals surface area contributed by atoms with Gasteiger partial charge < -0.3 is 19.5 Å². The van der Waals surface area contributed by atoms with Crippen molar-refractivity contribution < 1.29 is 23.5 Å². The Hall–Kier alpha value is -2.87. The molecular weight excluding hydrogens is 355 g/mol. The Labute approximate surface area is 155 Å². The summed E-state index contributed by atoms with van der Waals surface area (Å²) in [5.74, 6) is 0.872. The zero-order valence-electron chi connectivity index (χ0n) is 14.6. The maximum absolute atomic E-state index is 13.6. The number of fused-ring (bicyclic) bond motifs is 1. The van der Waals surface area contributed by atoms with E-state index in [0.29, 0.717) is 31.3 Å². The average Bonchev–Trinajstić information content (AvgIpc) is 3.15. The van der Waals surface area contributed by atoms with E-state index in [-0.39, 0.29) is 23.6 Å². The van der Waals surface area contributed by atoms with E-state index in [1.54, 1.807) is 0 Å². The van der Waals surface area contributed by atoms with E-state index in [1.807, 2.05) is 18.2 Å². The van der Waals surface area contributed by atoms with E-state index in [4.69, 9.17) is 14.2 Å². The first kappa shape index (κ1) is 17.5. The molecule has 0 radical (unpaired) electrons. The molecular formula is C19H19FN2O5. The van der Waals surface area contributed by atoms with Crippen LogP contribution in [0.15, 0.2) is 36.4 Å². The van der Waals surface area contributed by atoms with Crippen LogP contribution in [0.2, 0.25) is 0 Å². The topological polar surface area (TPSA) is 82.9 Å². The molecule has 2 aliphatic heterocycles. The second-order valence-electron chi connectivity index (χ2n) is 6.73. The van der Waals surface area contributed by atoms with Crippen molar-refractivity contribution in [1.29, 1.82) is 0 Å². The molecule has 7 nitrogen and oxygen atoms in total. The average molecular weight is 374 g/mol. The van der Waals surface area contributed by atoms with Gasteiger partial charge in [-0.1, -0.05) is 6.07 Å². The van der Waals surface area contributed by atoms with Crippen LogP contribution in [0.1, 0.15) is 18.4 Å². The second kappa shape index (κ2) is 7.03. The predicted molar refractivity (Wildman–Crippen MR) is 95.8 cm³/mol. The zero-order chi connectivity index (χ0) is 18.9. The number of hydrogen-bond acceptors (Lipinski definition) is 6. The first-order valence-corrected chi connectivity index (χ1v) is 8.73. The van der Waals surface area contributed by atoms with Gasteiger partial charge in [0.2, 0.25) is 6.79 Å². The third-order valence-corrected chi connectivity index (χ3v) is 5.21. The van der Waals surface area contributed by atoms with E-state index in [9.17, 15) is 14.5 Å². The lowest BCUT2D eigenvalue weighted by Crippen LogP contribution is -2.40. The molecule has 0 aliphatic carbocycles. The highest BCUT2D eigenvalue weighted by Crippen LogP contribution is 2.41. The summed E-state index contributed by atoms with van der Waals surface area (Å²) >= 11 is 0. The molecule has 0 atom stereocenters. The monoisotopic (exact) mass is 374 g/mol. The summed E-state index contributed by atoms with van der Waals surface area (Å²) < 4.78 is 30.0. The Morgan fingerprint density at radius 3 is 2.67 bits per heavy atom. The predicted octanol–water partition coefficient (Wildman–Crippen LogP) is 3.62. The van der Waals surface area contributed by atoms with Crippen molar-refractivity contribution >= 4 is 11.4 Å².